The van der Waals surface area contributed by atoms with Gasteiger partial charge in [-0.25, -0.2) is 0 Å². The average molecular weight is 230 g/mol. The van der Waals surface area contributed by atoms with E-state index in [9.17, 15) is 13.2 Å². The van der Waals surface area contributed by atoms with Crippen molar-refractivity contribution in [2.45, 2.75) is 12.7 Å². The first-order valence-electron chi connectivity index (χ1n) is 3.67. The number of aromatic nitrogens is 3. The van der Waals surface area contributed by atoms with Gasteiger partial charge in [0.2, 0.25) is 5.28 Å². The number of halogens is 4. The zero-order valence-electron chi connectivity index (χ0n) is 6.96. The van der Waals surface area contributed by atoms with E-state index in [1.165, 1.54) is 10.9 Å². The summed E-state index contributed by atoms with van der Waals surface area (Å²) in [5, 5.41) is 7.02. The van der Waals surface area contributed by atoms with Gasteiger partial charge in [0.15, 0.2) is 0 Å². The van der Waals surface area contributed by atoms with Crippen molar-refractivity contribution in [1.29, 1.82) is 0 Å². The SMILES string of the molecule is FC(F)(F)COCCn1cnnc1Cl. The highest BCUT2D eigenvalue weighted by atomic mass is 35.5. The summed E-state index contributed by atoms with van der Waals surface area (Å²) in [6.07, 6.45) is -2.98. The third kappa shape index (κ3) is 3.93. The molecule has 0 saturated carbocycles. The second-order valence-corrected chi connectivity index (χ2v) is 2.80. The van der Waals surface area contributed by atoms with Gasteiger partial charge in [-0.15, -0.1) is 10.2 Å². The van der Waals surface area contributed by atoms with E-state index in [0.29, 0.717) is 0 Å². The summed E-state index contributed by atoms with van der Waals surface area (Å²) in [5.74, 6) is 0. The molecule has 1 rings (SSSR count). The van der Waals surface area contributed by atoms with Gasteiger partial charge in [0, 0.05) is 6.54 Å². The van der Waals surface area contributed by atoms with E-state index in [2.05, 4.69) is 14.9 Å². The van der Waals surface area contributed by atoms with Crippen molar-refractivity contribution in [2.75, 3.05) is 13.2 Å². The Balaban J connectivity index is 2.20. The van der Waals surface area contributed by atoms with Gasteiger partial charge in [0.05, 0.1) is 6.61 Å². The standard InChI is InChI=1S/C6H7ClF3N3O/c7-5-12-11-4-13(5)1-2-14-3-6(8,9)10/h4H,1-3H2. The van der Waals surface area contributed by atoms with Crippen molar-refractivity contribution in [3.05, 3.63) is 11.6 Å². The minimum atomic E-state index is -4.29. The Morgan fingerprint density at radius 3 is 2.71 bits per heavy atom. The lowest BCUT2D eigenvalue weighted by Gasteiger charge is -2.07. The van der Waals surface area contributed by atoms with Gasteiger partial charge < -0.3 is 9.30 Å². The third-order valence-corrected chi connectivity index (χ3v) is 1.60. The van der Waals surface area contributed by atoms with Crippen molar-refractivity contribution < 1.29 is 17.9 Å². The molecule has 0 aromatic carbocycles. The maximum Gasteiger partial charge on any atom is 0.411 e. The molecular weight excluding hydrogens is 223 g/mol. The molecule has 8 heteroatoms. The number of nitrogens with zero attached hydrogens (tertiary/aromatic N) is 3. The van der Waals surface area contributed by atoms with Gasteiger partial charge >= 0.3 is 6.18 Å². The van der Waals surface area contributed by atoms with Crippen molar-refractivity contribution in [3.8, 4) is 0 Å². The summed E-state index contributed by atoms with van der Waals surface area (Å²) < 4.78 is 40.6. The highest BCUT2D eigenvalue weighted by Gasteiger charge is 2.27. The molecule has 0 bridgehead atoms. The molecular formula is C6H7ClF3N3O. The number of alkyl halides is 3. The van der Waals surface area contributed by atoms with Gasteiger partial charge in [-0.05, 0) is 11.6 Å². The molecule has 4 nitrogen and oxygen atoms in total. The minimum Gasteiger partial charge on any atom is -0.370 e. The van der Waals surface area contributed by atoms with E-state index in [4.69, 9.17) is 11.6 Å². The molecule has 0 amide bonds. The van der Waals surface area contributed by atoms with E-state index in [1.54, 1.807) is 0 Å². The van der Waals surface area contributed by atoms with Crippen molar-refractivity contribution in [1.82, 2.24) is 14.8 Å². The largest absolute Gasteiger partial charge is 0.411 e. The number of ether oxygens (including phenoxy) is 1. The minimum absolute atomic E-state index is 0.0860. The number of hydrogen-bond acceptors (Lipinski definition) is 3. The quantitative estimate of drug-likeness (QED) is 0.735. The monoisotopic (exact) mass is 229 g/mol. The fraction of sp³-hybridized carbons (Fsp3) is 0.667. The molecule has 0 saturated heterocycles. The maximum absolute atomic E-state index is 11.6. The molecule has 0 N–H and O–H groups in total. The first-order chi connectivity index (χ1) is 6.49. The number of hydrogen-bond donors (Lipinski definition) is 0. The predicted molar refractivity (Wildman–Crippen MR) is 41.9 cm³/mol. The molecule has 0 aliphatic heterocycles. The smallest absolute Gasteiger partial charge is 0.370 e. The lowest BCUT2D eigenvalue weighted by molar-refractivity contribution is -0.174. The summed E-state index contributed by atoms with van der Waals surface area (Å²) >= 11 is 5.52. The summed E-state index contributed by atoms with van der Waals surface area (Å²) in [4.78, 5) is 0. The van der Waals surface area contributed by atoms with Crippen LogP contribution in [-0.4, -0.2) is 34.2 Å². The van der Waals surface area contributed by atoms with Crippen molar-refractivity contribution in [3.63, 3.8) is 0 Å². The van der Waals surface area contributed by atoms with Gasteiger partial charge in [-0.2, -0.15) is 13.2 Å². The number of rotatable bonds is 4. The van der Waals surface area contributed by atoms with Gasteiger partial charge in [0.25, 0.3) is 0 Å². The van der Waals surface area contributed by atoms with Gasteiger partial charge in [0.1, 0.15) is 12.9 Å². The van der Waals surface area contributed by atoms with Crippen LogP contribution >= 0.6 is 11.6 Å². The molecule has 0 fully saturated rings. The second kappa shape index (κ2) is 4.61. The molecule has 1 aromatic rings. The Labute approximate surface area is 82.6 Å². The molecule has 0 aliphatic rings. The van der Waals surface area contributed by atoms with Crippen LogP contribution in [0.4, 0.5) is 13.2 Å². The summed E-state index contributed by atoms with van der Waals surface area (Å²) in [7, 11) is 0. The van der Waals surface area contributed by atoms with E-state index in [0.717, 1.165) is 0 Å². The van der Waals surface area contributed by atoms with Crippen LogP contribution in [0.25, 0.3) is 0 Å². The molecule has 1 aromatic heterocycles. The van der Waals surface area contributed by atoms with E-state index >= 15 is 0 Å². The normalized spacial score (nSPS) is 12.0. The first-order valence-corrected chi connectivity index (χ1v) is 4.04. The summed E-state index contributed by atoms with van der Waals surface area (Å²) in [6, 6.07) is 0. The van der Waals surface area contributed by atoms with Crippen LogP contribution in [0.15, 0.2) is 6.33 Å². The van der Waals surface area contributed by atoms with Crippen LogP contribution < -0.4 is 0 Å². The third-order valence-electron chi connectivity index (χ3n) is 1.31. The Bertz CT molecular complexity index is 288. The van der Waals surface area contributed by atoms with Crippen molar-refractivity contribution in [2.24, 2.45) is 0 Å². The Morgan fingerprint density at radius 2 is 2.21 bits per heavy atom. The van der Waals surface area contributed by atoms with E-state index < -0.39 is 12.8 Å². The highest BCUT2D eigenvalue weighted by molar-refractivity contribution is 6.28. The summed E-state index contributed by atoms with van der Waals surface area (Å²) in [6.45, 7) is -1.15. The van der Waals surface area contributed by atoms with E-state index in [-0.39, 0.29) is 18.4 Å². The van der Waals surface area contributed by atoms with Crippen LogP contribution in [0.5, 0.6) is 0 Å². The topological polar surface area (TPSA) is 39.9 Å². The van der Waals surface area contributed by atoms with Gasteiger partial charge in [-0.1, -0.05) is 0 Å². The molecule has 0 radical (unpaired) electrons. The van der Waals surface area contributed by atoms with Crippen LogP contribution in [0.1, 0.15) is 0 Å². The first kappa shape index (κ1) is 11.3. The average Bonchev–Trinajstić information content (AvgIpc) is 2.44. The van der Waals surface area contributed by atoms with Crippen LogP contribution in [0.3, 0.4) is 0 Å². The molecule has 14 heavy (non-hydrogen) atoms. The molecule has 1 heterocycles. The zero-order chi connectivity index (χ0) is 10.6. The van der Waals surface area contributed by atoms with Crippen LogP contribution in [-0.2, 0) is 11.3 Å². The lowest BCUT2D eigenvalue weighted by atomic mass is 10.6. The molecule has 80 valence electrons. The predicted octanol–water partition coefficient (Wildman–Crippen LogP) is 1.51. The Kier molecular flexibility index (Phi) is 3.70. The van der Waals surface area contributed by atoms with E-state index in [1.807, 2.05) is 0 Å². The lowest BCUT2D eigenvalue weighted by Crippen LogP contribution is -2.18. The molecule has 0 spiro atoms. The summed E-state index contributed by atoms with van der Waals surface area (Å²) in [5.41, 5.74) is 0. The molecule has 0 aliphatic carbocycles. The fourth-order valence-corrected chi connectivity index (χ4v) is 0.913. The zero-order valence-corrected chi connectivity index (χ0v) is 7.72. The highest BCUT2D eigenvalue weighted by Crippen LogP contribution is 2.14. The molecule has 0 atom stereocenters. The van der Waals surface area contributed by atoms with Crippen LogP contribution in [0, 0.1) is 0 Å². The Morgan fingerprint density at radius 1 is 1.50 bits per heavy atom. The van der Waals surface area contributed by atoms with Crippen LogP contribution in [0.2, 0.25) is 5.28 Å². The van der Waals surface area contributed by atoms with Crippen molar-refractivity contribution >= 4 is 11.6 Å². The van der Waals surface area contributed by atoms with Gasteiger partial charge in [-0.3, -0.25) is 0 Å². The molecule has 0 unspecified atom stereocenters. The second-order valence-electron chi connectivity index (χ2n) is 2.46. The fourth-order valence-electron chi connectivity index (χ4n) is 0.742. The Hall–Kier alpha value is -0.820. The maximum atomic E-state index is 11.6.